The molecule has 0 bridgehead atoms. The number of pyridine rings is 1. The summed E-state index contributed by atoms with van der Waals surface area (Å²) in [5, 5.41) is 16.2. The van der Waals surface area contributed by atoms with Crippen LogP contribution in [0.4, 0.5) is 5.00 Å². The first kappa shape index (κ1) is 16.7. The first-order valence-corrected chi connectivity index (χ1v) is 8.28. The van der Waals surface area contributed by atoms with Crippen LogP contribution in [0.1, 0.15) is 17.3 Å². The number of anilines is 1. The summed E-state index contributed by atoms with van der Waals surface area (Å²) in [6, 6.07) is 5.11. The Labute approximate surface area is 146 Å². The Morgan fingerprint density at radius 1 is 1.28 bits per heavy atom. The van der Waals surface area contributed by atoms with Crippen LogP contribution in [-0.4, -0.2) is 43.7 Å². The molecule has 3 aromatic rings. The highest BCUT2D eigenvalue weighted by atomic mass is 32.1. The zero-order valence-corrected chi connectivity index (χ0v) is 14.1. The second-order valence-electron chi connectivity index (χ2n) is 4.83. The lowest BCUT2D eigenvalue weighted by atomic mass is 10.2. The number of carbonyl (C=O) groups excluding carboxylic acids is 2. The molecule has 0 fully saturated rings. The summed E-state index contributed by atoms with van der Waals surface area (Å²) < 4.78 is 6.34. The van der Waals surface area contributed by atoms with Crippen molar-refractivity contribution in [2.45, 2.75) is 13.5 Å². The third-order valence-electron chi connectivity index (χ3n) is 3.18. The molecule has 0 saturated carbocycles. The molecular weight excluding hydrogens is 344 g/mol. The van der Waals surface area contributed by atoms with E-state index >= 15 is 0 Å². The van der Waals surface area contributed by atoms with Gasteiger partial charge < -0.3 is 10.1 Å². The van der Waals surface area contributed by atoms with Crippen LogP contribution < -0.4 is 5.32 Å². The molecule has 10 heteroatoms. The van der Waals surface area contributed by atoms with E-state index in [0.29, 0.717) is 16.4 Å². The molecule has 128 valence electrons. The van der Waals surface area contributed by atoms with Crippen molar-refractivity contribution in [3.63, 3.8) is 0 Å². The van der Waals surface area contributed by atoms with Crippen LogP contribution >= 0.6 is 11.3 Å². The Hall–Kier alpha value is -3.14. The van der Waals surface area contributed by atoms with Crippen molar-refractivity contribution in [2.24, 2.45) is 0 Å². The number of tetrazole rings is 1. The van der Waals surface area contributed by atoms with Gasteiger partial charge in [0.15, 0.2) is 5.82 Å². The van der Waals surface area contributed by atoms with Crippen LogP contribution in [0, 0.1) is 0 Å². The minimum Gasteiger partial charge on any atom is -0.462 e. The van der Waals surface area contributed by atoms with E-state index in [9.17, 15) is 9.59 Å². The zero-order valence-electron chi connectivity index (χ0n) is 13.2. The number of ether oxygens (including phenoxy) is 1. The highest BCUT2D eigenvalue weighted by molar-refractivity contribution is 7.14. The van der Waals surface area contributed by atoms with Gasteiger partial charge >= 0.3 is 5.97 Å². The number of rotatable bonds is 6. The normalized spacial score (nSPS) is 10.4. The van der Waals surface area contributed by atoms with Gasteiger partial charge in [-0.25, -0.2) is 9.48 Å². The number of carbonyl (C=O) groups is 2. The van der Waals surface area contributed by atoms with Crippen LogP contribution in [-0.2, 0) is 16.1 Å². The van der Waals surface area contributed by atoms with E-state index in [0.717, 1.165) is 5.56 Å². The quantitative estimate of drug-likeness (QED) is 0.666. The second-order valence-corrected chi connectivity index (χ2v) is 5.74. The largest absolute Gasteiger partial charge is 0.462 e. The number of nitrogens with zero attached hydrogens (tertiary/aromatic N) is 5. The summed E-state index contributed by atoms with van der Waals surface area (Å²) in [6.07, 6.45) is 3.23. The molecule has 1 amide bonds. The minimum atomic E-state index is -0.473. The fourth-order valence-corrected chi connectivity index (χ4v) is 2.89. The van der Waals surface area contributed by atoms with Crippen LogP contribution in [0.25, 0.3) is 11.4 Å². The molecule has 25 heavy (non-hydrogen) atoms. The van der Waals surface area contributed by atoms with Crippen molar-refractivity contribution in [3.05, 3.63) is 41.5 Å². The molecule has 0 aromatic carbocycles. The first-order chi connectivity index (χ1) is 12.2. The lowest BCUT2D eigenvalue weighted by Crippen LogP contribution is -2.21. The van der Waals surface area contributed by atoms with Crippen molar-refractivity contribution in [1.82, 2.24) is 25.2 Å². The maximum absolute atomic E-state index is 12.3. The molecule has 9 nitrogen and oxygen atoms in total. The molecule has 3 rings (SSSR count). The van der Waals surface area contributed by atoms with Gasteiger partial charge in [-0.3, -0.25) is 9.78 Å². The fourth-order valence-electron chi connectivity index (χ4n) is 2.10. The number of thiophene rings is 1. The average molecular weight is 358 g/mol. The molecule has 3 aromatic heterocycles. The Kier molecular flexibility index (Phi) is 5.09. The number of aromatic nitrogens is 5. The van der Waals surface area contributed by atoms with E-state index in [1.165, 1.54) is 16.0 Å². The number of esters is 1. The van der Waals surface area contributed by atoms with Gasteiger partial charge in [-0.15, -0.1) is 16.4 Å². The smallest absolute Gasteiger partial charge is 0.341 e. The van der Waals surface area contributed by atoms with E-state index in [4.69, 9.17) is 4.74 Å². The first-order valence-electron chi connectivity index (χ1n) is 7.40. The number of hydrogen-bond donors (Lipinski definition) is 1. The molecule has 0 spiro atoms. The van der Waals surface area contributed by atoms with Gasteiger partial charge in [0.2, 0.25) is 5.91 Å². The van der Waals surface area contributed by atoms with Gasteiger partial charge in [0, 0.05) is 18.0 Å². The third kappa shape index (κ3) is 3.86. The van der Waals surface area contributed by atoms with Crippen molar-refractivity contribution >= 4 is 28.2 Å². The lowest BCUT2D eigenvalue weighted by molar-refractivity contribution is -0.116. The molecule has 0 radical (unpaired) electrons. The summed E-state index contributed by atoms with van der Waals surface area (Å²) in [7, 11) is 0. The van der Waals surface area contributed by atoms with Crippen molar-refractivity contribution in [2.75, 3.05) is 11.9 Å². The van der Waals surface area contributed by atoms with Gasteiger partial charge in [-0.1, -0.05) is 0 Å². The Bertz CT molecular complexity index is 876. The van der Waals surface area contributed by atoms with E-state index < -0.39 is 5.97 Å². The molecule has 0 saturated heterocycles. The van der Waals surface area contributed by atoms with Gasteiger partial charge in [-0.05, 0) is 40.9 Å². The third-order valence-corrected chi connectivity index (χ3v) is 4.01. The summed E-state index contributed by atoms with van der Waals surface area (Å²) in [5.74, 6) is -0.371. The summed E-state index contributed by atoms with van der Waals surface area (Å²) in [6.45, 7) is 1.90. The van der Waals surface area contributed by atoms with Crippen LogP contribution in [0.15, 0.2) is 36.0 Å². The monoisotopic (exact) mass is 358 g/mol. The molecule has 3 heterocycles. The molecule has 0 aliphatic rings. The topological polar surface area (TPSA) is 112 Å². The van der Waals surface area contributed by atoms with Crippen molar-refractivity contribution < 1.29 is 14.3 Å². The van der Waals surface area contributed by atoms with E-state index in [-0.39, 0.29) is 19.1 Å². The van der Waals surface area contributed by atoms with Gasteiger partial charge in [0.05, 0.1) is 12.2 Å². The van der Waals surface area contributed by atoms with Gasteiger partial charge in [0.25, 0.3) is 0 Å². The second kappa shape index (κ2) is 7.62. The van der Waals surface area contributed by atoms with Crippen LogP contribution in [0.5, 0.6) is 0 Å². The number of nitrogens with one attached hydrogen (secondary N) is 1. The minimum absolute atomic E-state index is 0.0924. The number of amides is 1. The summed E-state index contributed by atoms with van der Waals surface area (Å²) in [4.78, 5) is 28.1. The molecule has 0 unspecified atom stereocenters. The maximum Gasteiger partial charge on any atom is 0.341 e. The Balaban J connectivity index is 1.72. The Morgan fingerprint density at radius 3 is 2.84 bits per heavy atom. The van der Waals surface area contributed by atoms with Crippen LogP contribution in [0.2, 0.25) is 0 Å². The van der Waals surface area contributed by atoms with E-state index in [1.54, 1.807) is 42.9 Å². The Morgan fingerprint density at radius 2 is 2.08 bits per heavy atom. The zero-order chi connectivity index (χ0) is 17.6. The highest BCUT2D eigenvalue weighted by Gasteiger charge is 2.17. The van der Waals surface area contributed by atoms with E-state index in [1.807, 2.05) is 0 Å². The van der Waals surface area contributed by atoms with E-state index in [2.05, 4.69) is 25.8 Å². The van der Waals surface area contributed by atoms with Crippen LogP contribution in [0.3, 0.4) is 0 Å². The maximum atomic E-state index is 12.3. The van der Waals surface area contributed by atoms with Gasteiger partial charge in [-0.2, -0.15) is 0 Å². The summed E-state index contributed by atoms with van der Waals surface area (Å²) >= 11 is 1.24. The molecule has 0 atom stereocenters. The fraction of sp³-hybridized carbons (Fsp3) is 0.200. The SMILES string of the molecule is CCOC(=O)c1ccsc1NC(=O)Cn1nnnc1-c1ccncc1. The average Bonchev–Trinajstić information content (AvgIpc) is 3.25. The van der Waals surface area contributed by atoms with Crippen molar-refractivity contribution in [3.8, 4) is 11.4 Å². The van der Waals surface area contributed by atoms with Crippen molar-refractivity contribution in [1.29, 1.82) is 0 Å². The standard InChI is InChI=1S/C15H14N6O3S/c1-2-24-15(23)11-5-8-25-14(11)17-12(22)9-21-13(18-19-20-21)10-3-6-16-7-4-10/h3-8H,2,9H2,1H3,(H,17,22). The molecule has 0 aliphatic heterocycles. The molecule has 1 N–H and O–H groups in total. The molecule has 0 aliphatic carbocycles. The van der Waals surface area contributed by atoms with Gasteiger partial charge in [0.1, 0.15) is 11.5 Å². The summed E-state index contributed by atoms with van der Waals surface area (Å²) in [5.41, 5.74) is 1.07. The molecular formula is C15H14N6O3S. The highest BCUT2D eigenvalue weighted by Crippen LogP contribution is 2.24. The predicted molar refractivity (Wildman–Crippen MR) is 90.0 cm³/mol. The number of hydrogen-bond acceptors (Lipinski definition) is 8. The lowest BCUT2D eigenvalue weighted by Gasteiger charge is -2.07. The predicted octanol–water partition coefficient (Wildman–Crippen LogP) is 1.61.